The van der Waals surface area contributed by atoms with Crippen LogP contribution in [0.5, 0.6) is 0 Å². The van der Waals surface area contributed by atoms with Crippen LogP contribution in [0.4, 0.5) is 11.4 Å². The maximum absolute atomic E-state index is 12.8. The van der Waals surface area contributed by atoms with Crippen LogP contribution in [0.1, 0.15) is 47.1 Å². The molecule has 0 spiro atoms. The molecule has 8 heteroatoms. The van der Waals surface area contributed by atoms with Crippen molar-refractivity contribution >= 4 is 35.0 Å². The van der Waals surface area contributed by atoms with Crippen molar-refractivity contribution in [1.29, 1.82) is 0 Å². The van der Waals surface area contributed by atoms with Crippen molar-refractivity contribution in [2.24, 2.45) is 5.41 Å². The number of hydrogen-bond acceptors (Lipinski definition) is 4. The molecular weight excluding hydrogens is 360 g/mol. The monoisotopic (exact) mass is 388 g/mol. The predicted octanol–water partition coefficient (Wildman–Crippen LogP) is 1.70. The number of carbonyl (C=O) groups is 4. The first kappa shape index (κ1) is 21.4. The lowest BCUT2D eigenvalue weighted by Gasteiger charge is -2.32. The second-order valence-corrected chi connectivity index (χ2v) is 8.74. The van der Waals surface area contributed by atoms with Gasteiger partial charge in [-0.25, -0.2) is 0 Å². The third-order valence-electron chi connectivity index (χ3n) is 4.79. The van der Waals surface area contributed by atoms with Gasteiger partial charge >= 0.3 is 0 Å². The summed E-state index contributed by atoms with van der Waals surface area (Å²) in [5, 5.41) is 10.8. The van der Waals surface area contributed by atoms with E-state index >= 15 is 0 Å². The van der Waals surface area contributed by atoms with Gasteiger partial charge in [0.05, 0.1) is 11.4 Å². The van der Waals surface area contributed by atoms with Gasteiger partial charge in [-0.2, -0.15) is 0 Å². The highest BCUT2D eigenvalue weighted by Crippen LogP contribution is 2.27. The van der Waals surface area contributed by atoms with E-state index in [2.05, 4.69) is 21.3 Å². The third-order valence-corrected chi connectivity index (χ3v) is 4.79. The molecule has 0 bridgehead atoms. The zero-order chi connectivity index (χ0) is 21.5. The van der Waals surface area contributed by atoms with E-state index in [1.54, 1.807) is 45.9 Å². The molecule has 0 fully saturated rings. The molecule has 1 aliphatic heterocycles. The Kier molecular flexibility index (Phi) is 5.29. The summed E-state index contributed by atoms with van der Waals surface area (Å²) in [5.41, 5.74) is -2.39. The maximum atomic E-state index is 12.8. The Morgan fingerprint density at radius 2 is 1.07 bits per heavy atom. The largest absolute Gasteiger partial charge is 0.341 e. The van der Waals surface area contributed by atoms with Crippen molar-refractivity contribution in [3.8, 4) is 0 Å². The molecule has 1 aromatic carbocycles. The molecule has 152 valence electrons. The zero-order valence-electron chi connectivity index (χ0n) is 17.4. The van der Waals surface area contributed by atoms with E-state index in [1.165, 1.54) is 13.8 Å². The summed E-state index contributed by atoms with van der Waals surface area (Å²) in [7, 11) is 0. The van der Waals surface area contributed by atoms with Crippen molar-refractivity contribution in [3.05, 3.63) is 23.8 Å². The van der Waals surface area contributed by atoms with Crippen LogP contribution in [-0.4, -0.2) is 34.7 Å². The van der Waals surface area contributed by atoms with Crippen molar-refractivity contribution in [3.63, 3.8) is 0 Å². The van der Waals surface area contributed by atoms with Crippen LogP contribution in [0.3, 0.4) is 0 Å². The van der Waals surface area contributed by atoms with Gasteiger partial charge in [0.25, 0.3) is 0 Å². The number of amides is 4. The highest BCUT2D eigenvalue weighted by Gasteiger charge is 2.44. The highest BCUT2D eigenvalue weighted by atomic mass is 16.2. The number of rotatable bonds is 0. The Balaban J connectivity index is 2.58. The first-order chi connectivity index (χ1) is 12.7. The maximum Gasteiger partial charge on any atom is 0.249 e. The summed E-state index contributed by atoms with van der Waals surface area (Å²) in [4.78, 5) is 51.1. The Morgan fingerprint density at radius 3 is 1.54 bits per heavy atom. The van der Waals surface area contributed by atoms with Gasteiger partial charge in [0, 0.05) is 0 Å². The first-order valence-corrected chi connectivity index (χ1v) is 9.05. The average Bonchev–Trinajstić information content (AvgIpc) is 2.55. The van der Waals surface area contributed by atoms with Crippen molar-refractivity contribution in [1.82, 2.24) is 10.6 Å². The summed E-state index contributed by atoms with van der Waals surface area (Å²) >= 11 is 0. The Bertz CT molecular complexity index is 856. The van der Waals surface area contributed by atoms with Crippen LogP contribution in [0, 0.1) is 12.3 Å². The lowest BCUT2D eigenvalue weighted by molar-refractivity contribution is -0.145. The molecule has 0 saturated heterocycles. The van der Waals surface area contributed by atoms with E-state index in [0.29, 0.717) is 11.4 Å². The highest BCUT2D eigenvalue weighted by molar-refractivity contribution is 6.11. The van der Waals surface area contributed by atoms with Crippen LogP contribution in [0.15, 0.2) is 18.2 Å². The third kappa shape index (κ3) is 4.16. The van der Waals surface area contributed by atoms with Crippen LogP contribution < -0.4 is 21.3 Å². The molecule has 0 aromatic heterocycles. The van der Waals surface area contributed by atoms with Crippen LogP contribution >= 0.6 is 0 Å². The molecule has 0 unspecified atom stereocenters. The fourth-order valence-electron chi connectivity index (χ4n) is 2.52. The van der Waals surface area contributed by atoms with E-state index < -0.39 is 40.1 Å². The number of aryl methyl sites for hydroxylation is 1. The van der Waals surface area contributed by atoms with Crippen molar-refractivity contribution in [2.45, 2.75) is 59.5 Å². The summed E-state index contributed by atoms with van der Waals surface area (Å²) in [5.74, 6) is -2.19. The lowest BCUT2D eigenvalue weighted by Crippen LogP contribution is -2.61. The fraction of sp³-hybridized carbons (Fsp3) is 0.500. The topological polar surface area (TPSA) is 116 Å². The summed E-state index contributed by atoms with van der Waals surface area (Å²) in [6.07, 6.45) is 0. The smallest absolute Gasteiger partial charge is 0.249 e. The minimum absolute atomic E-state index is 0.395. The molecule has 0 atom stereocenters. The summed E-state index contributed by atoms with van der Waals surface area (Å²) in [6, 6.07) is 5.20. The van der Waals surface area contributed by atoms with Crippen molar-refractivity contribution < 1.29 is 19.2 Å². The minimum Gasteiger partial charge on any atom is -0.341 e. The van der Waals surface area contributed by atoms with Gasteiger partial charge in [0.15, 0.2) is 0 Å². The SMILES string of the molecule is Cc1ccc2c(c1)NC(=O)C(C)(C)NC(=O)C(C)(C)C(=O)NC(C)(C)C(=O)N2. The van der Waals surface area contributed by atoms with Crippen LogP contribution in [0.25, 0.3) is 0 Å². The molecule has 28 heavy (non-hydrogen) atoms. The number of anilines is 2. The molecule has 1 aromatic rings. The van der Waals surface area contributed by atoms with Gasteiger partial charge in [-0.15, -0.1) is 0 Å². The molecule has 0 saturated carbocycles. The van der Waals surface area contributed by atoms with Gasteiger partial charge < -0.3 is 21.3 Å². The molecule has 4 N–H and O–H groups in total. The lowest BCUT2D eigenvalue weighted by atomic mass is 9.88. The molecule has 8 nitrogen and oxygen atoms in total. The molecule has 1 heterocycles. The molecule has 2 rings (SSSR count). The quantitative estimate of drug-likeness (QED) is 0.506. The molecule has 4 amide bonds. The van der Waals surface area contributed by atoms with Gasteiger partial charge in [-0.3, -0.25) is 19.2 Å². The number of hydrogen-bond donors (Lipinski definition) is 4. The van der Waals surface area contributed by atoms with Gasteiger partial charge in [-0.05, 0) is 66.2 Å². The fourth-order valence-corrected chi connectivity index (χ4v) is 2.52. The normalized spacial score (nSPS) is 21.5. The van der Waals surface area contributed by atoms with Gasteiger partial charge in [0.2, 0.25) is 23.6 Å². The number of carbonyl (C=O) groups excluding carboxylic acids is 4. The Hall–Kier alpha value is -2.90. The standard InChI is InChI=1S/C20H28N4O4/c1-11-8-9-12-13(10-11)22-17(28)20(6,7)24-15(26)18(2,3)14(25)23-19(4,5)16(27)21-12/h8-10H,1-7H3,(H,21,27)(H,22,28)(H,23,25)(H,24,26). The summed E-state index contributed by atoms with van der Waals surface area (Å²) in [6.45, 7) is 10.9. The van der Waals surface area contributed by atoms with E-state index in [-0.39, 0.29) is 0 Å². The van der Waals surface area contributed by atoms with E-state index in [0.717, 1.165) is 5.56 Å². The summed E-state index contributed by atoms with van der Waals surface area (Å²) < 4.78 is 0. The van der Waals surface area contributed by atoms with Crippen LogP contribution in [0.2, 0.25) is 0 Å². The second kappa shape index (κ2) is 6.92. The number of benzene rings is 1. The molecule has 1 aliphatic rings. The van der Waals surface area contributed by atoms with Crippen LogP contribution in [-0.2, 0) is 19.2 Å². The van der Waals surface area contributed by atoms with E-state index in [4.69, 9.17) is 0 Å². The van der Waals surface area contributed by atoms with Gasteiger partial charge in [-0.1, -0.05) is 6.07 Å². The number of nitrogens with one attached hydrogen (secondary N) is 4. The number of fused-ring (bicyclic) bond motifs is 1. The predicted molar refractivity (Wildman–Crippen MR) is 107 cm³/mol. The van der Waals surface area contributed by atoms with Crippen molar-refractivity contribution in [2.75, 3.05) is 10.6 Å². The van der Waals surface area contributed by atoms with E-state index in [1.807, 2.05) is 6.92 Å². The molecular formula is C20H28N4O4. The molecule has 0 aliphatic carbocycles. The Labute approximate surface area is 164 Å². The Morgan fingerprint density at radius 1 is 0.643 bits per heavy atom. The average molecular weight is 388 g/mol. The minimum atomic E-state index is -1.49. The zero-order valence-corrected chi connectivity index (χ0v) is 17.4. The molecule has 0 radical (unpaired) electrons. The second-order valence-electron chi connectivity index (χ2n) is 8.74. The van der Waals surface area contributed by atoms with E-state index in [9.17, 15) is 19.2 Å². The first-order valence-electron chi connectivity index (χ1n) is 9.05. The van der Waals surface area contributed by atoms with Gasteiger partial charge in [0.1, 0.15) is 16.5 Å².